The van der Waals surface area contributed by atoms with Crippen molar-refractivity contribution in [1.29, 1.82) is 0 Å². The van der Waals surface area contributed by atoms with Gasteiger partial charge in [0.15, 0.2) is 11.6 Å². The highest BCUT2D eigenvalue weighted by molar-refractivity contribution is 14.1. The summed E-state index contributed by atoms with van der Waals surface area (Å²) >= 11 is 1.93. The van der Waals surface area contributed by atoms with Crippen molar-refractivity contribution in [2.75, 3.05) is 31.6 Å². The number of anilines is 2. The molecule has 9 heteroatoms. The number of aliphatic hydroxyl groups is 1. The lowest BCUT2D eigenvalue weighted by Gasteiger charge is -2.38. The number of nitrogens with zero attached hydrogens (tertiary/aromatic N) is 1. The van der Waals surface area contributed by atoms with Crippen molar-refractivity contribution in [2.24, 2.45) is 0 Å². The van der Waals surface area contributed by atoms with E-state index in [4.69, 9.17) is 0 Å². The minimum atomic E-state index is -1.27. The standard InChI is InChI=1S/C18H17F3IN3O2/c19-13-3-2-12(18(27)25(5-6-26)11-8-23-9-11)17(16(13)21)24-15-4-1-10(22)7-14(15)20/h1-4,7,11,23-24,26H,5-6,8-9H2. The Kier molecular flexibility index (Phi) is 6.22. The number of amides is 1. The molecular weight excluding hydrogens is 474 g/mol. The molecule has 1 fully saturated rings. The molecule has 0 radical (unpaired) electrons. The molecule has 0 spiro atoms. The first-order valence-corrected chi connectivity index (χ1v) is 9.33. The van der Waals surface area contributed by atoms with Crippen LogP contribution in [0.4, 0.5) is 24.5 Å². The van der Waals surface area contributed by atoms with E-state index < -0.39 is 29.0 Å². The van der Waals surface area contributed by atoms with E-state index in [2.05, 4.69) is 10.6 Å². The molecule has 0 unspecified atom stereocenters. The molecular formula is C18H17F3IN3O2. The summed E-state index contributed by atoms with van der Waals surface area (Å²) in [6.07, 6.45) is 0. The first-order chi connectivity index (χ1) is 12.9. The zero-order valence-electron chi connectivity index (χ0n) is 14.1. The fraction of sp³-hybridized carbons (Fsp3) is 0.278. The topological polar surface area (TPSA) is 64.6 Å². The molecule has 27 heavy (non-hydrogen) atoms. The molecule has 0 bridgehead atoms. The van der Waals surface area contributed by atoms with Gasteiger partial charge in [-0.2, -0.15) is 0 Å². The lowest BCUT2D eigenvalue weighted by molar-refractivity contribution is 0.0565. The van der Waals surface area contributed by atoms with Crippen LogP contribution in [-0.4, -0.2) is 48.2 Å². The molecule has 1 aliphatic heterocycles. The largest absolute Gasteiger partial charge is 0.395 e. The second-order valence-electron chi connectivity index (χ2n) is 6.07. The molecule has 3 N–H and O–H groups in total. The summed E-state index contributed by atoms with van der Waals surface area (Å²) < 4.78 is 43.1. The molecule has 2 aromatic rings. The predicted octanol–water partition coefficient (Wildman–Crippen LogP) is 2.86. The number of hydrogen-bond acceptors (Lipinski definition) is 4. The van der Waals surface area contributed by atoms with Gasteiger partial charge in [0.05, 0.1) is 29.6 Å². The lowest BCUT2D eigenvalue weighted by atomic mass is 10.1. The molecule has 1 heterocycles. The lowest BCUT2D eigenvalue weighted by Crippen LogP contribution is -2.59. The number of halogens is 4. The van der Waals surface area contributed by atoms with Crippen molar-refractivity contribution in [3.63, 3.8) is 0 Å². The summed E-state index contributed by atoms with van der Waals surface area (Å²) in [7, 11) is 0. The van der Waals surface area contributed by atoms with Crippen LogP contribution in [0.15, 0.2) is 30.3 Å². The van der Waals surface area contributed by atoms with Gasteiger partial charge in [-0.3, -0.25) is 4.79 Å². The first kappa shape index (κ1) is 19.9. The van der Waals surface area contributed by atoms with Gasteiger partial charge in [0.1, 0.15) is 5.82 Å². The summed E-state index contributed by atoms with van der Waals surface area (Å²) in [6, 6.07) is 6.08. The van der Waals surface area contributed by atoms with Gasteiger partial charge < -0.3 is 20.6 Å². The Bertz CT molecular complexity index is 862. The Hall–Kier alpha value is -1.85. The SMILES string of the molecule is O=C(c1ccc(F)c(F)c1Nc1ccc(I)cc1F)N(CCO)C1CNC1. The van der Waals surface area contributed by atoms with Crippen LogP contribution in [0.3, 0.4) is 0 Å². The molecule has 3 rings (SSSR count). The maximum atomic E-state index is 14.5. The Morgan fingerprint density at radius 1 is 1.22 bits per heavy atom. The van der Waals surface area contributed by atoms with Crippen molar-refractivity contribution < 1.29 is 23.1 Å². The summed E-state index contributed by atoms with van der Waals surface area (Å²) in [5.74, 6) is -3.64. The van der Waals surface area contributed by atoms with Gasteiger partial charge in [-0.1, -0.05) is 0 Å². The van der Waals surface area contributed by atoms with Crippen molar-refractivity contribution in [2.45, 2.75) is 6.04 Å². The molecule has 2 aromatic carbocycles. The zero-order chi connectivity index (χ0) is 19.6. The molecule has 0 aromatic heterocycles. The van der Waals surface area contributed by atoms with Gasteiger partial charge >= 0.3 is 0 Å². The van der Waals surface area contributed by atoms with Gasteiger partial charge in [-0.15, -0.1) is 0 Å². The highest BCUT2D eigenvalue weighted by Gasteiger charge is 2.31. The van der Waals surface area contributed by atoms with Crippen LogP contribution < -0.4 is 10.6 Å². The molecule has 0 aliphatic carbocycles. The summed E-state index contributed by atoms with van der Waals surface area (Å²) in [4.78, 5) is 14.3. The van der Waals surface area contributed by atoms with E-state index in [0.717, 1.165) is 12.1 Å². The van der Waals surface area contributed by atoms with E-state index >= 15 is 0 Å². The molecule has 0 atom stereocenters. The van der Waals surface area contributed by atoms with E-state index in [1.807, 2.05) is 22.6 Å². The number of carbonyl (C=O) groups excluding carboxylic acids is 1. The zero-order valence-corrected chi connectivity index (χ0v) is 16.3. The van der Waals surface area contributed by atoms with Crippen molar-refractivity contribution in [3.8, 4) is 0 Å². The molecule has 5 nitrogen and oxygen atoms in total. The second-order valence-corrected chi connectivity index (χ2v) is 7.31. The number of benzene rings is 2. The monoisotopic (exact) mass is 491 g/mol. The van der Waals surface area contributed by atoms with Crippen molar-refractivity contribution in [3.05, 3.63) is 56.9 Å². The first-order valence-electron chi connectivity index (χ1n) is 8.25. The summed E-state index contributed by atoms with van der Waals surface area (Å²) in [5.41, 5.74) is -0.643. The van der Waals surface area contributed by atoms with Crippen LogP contribution in [0.1, 0.15) is 10.4 Å². The number of hydrogen-bond donors (Lipinski definition) is 3. The minimum absolute atomic E-state index is 0.0571. The third-order valence-electron chi connectivity index (χ3n) is 4.32. The van der Waals surface area contributed by atoms with Crippen LogP contribution in [-0.2, 0) is 0 Å². The fourth-order valence-electron chi connectivity index (χ4n) is 2.78. The maximum absolute atomic E-state index is 14.5. The molecule has 1 aliphatic rings. The minimum Gasteiger partial charge on any atom is -0.395 e. The summed E-state index contributed by atoms with van der Waals surface area (Å²) in [5, 5.41) is 14.8. The third-order valence-corrected chi connectivity index (χ3v) is 4.99. The average molecular weight is 491 g/mol. The Labute approximate surface area is 167 Å². The third kappa shape index (κ3) is 4.19. The Morgan fingerprint density at radius 2 is 1.96 bits per heavy atom. The number of aliphatic hydroxyl groups excluding tert-OH is 1. The van der Waals surface area contributed by atoms with Crippen LogP contribution in [0.2, 0.25) is 0 Å². The number of nitrogens with one attached hydrogen (secondary N) is 2. The number of rotatable bonds is 6. The molecule has 144 valence electrons. The number of carbonyl (C=O) groups is 1. The molecule has 0 saturated carbocycles. The smallest absolute Gasteiger partial charge is 0.256 e. The Balaban J connectivity index is 2.00. The van der Waals surface area contributed by atoms with Crippen molar-refractivity contribution in [1.82, 2.24) is 10.2 Å². The van der Waals surface area contributed by atoms with Crippen molar-refractivity contribution >= 4 is 39.9 Å². The van der Waals surface area contributed by atoms with E-state index in [1.165, 1.54) is 17.0 Å². The Morgan fingerprint density at radius 3 is 2.56 bits per heavy atom. The highest BCUT2D eigenvalue weighted by Crippen LogP contribution is 2.30. The van der Waals surface area contributed by atoms with Gasteiger partial charge in [0.2, 0.25) is 0 Å². The molecule has 1 amide bonds. The quantitative estimate of drug-likeness (QED) is 0.545. The van der Waals surface area contributed by atoms with Gasteiger partial charge in [-0.25, -0.2) is 13.2 Å². The van der Waals surface area contributed by atoms with Gasteiger partial charge in [-0.05, 0) is 52.9 Å². The van der Waals surface area contributed by atoms with Gasteiger partial charge in [0.25, 0.3) is 5.91 Å². The van der Waals surface area contributed by atoms with Crippen LogP contribution in [0, 0.1) is 21.0 Å². The summed E-state index contributed by atoms with van der Waals surface area (Å²) in [6.45, 7) is 0.885. The maximum Gasteiger partial charge on any atom is 0.256 e. The van der Waals surface area contributed by atoms with E-state index in [9.17, 15) is 23.1 Å². The van der Waals surface area contributed by atoms with E-state index in [-0.39, 0.29) is 30.4 Å². The normalized spacial score (nSPS) is 14.0. The van der Waals surface area contributed by atoms with E-state index in [1.54, 1.807) is 6.07 Å². The predicted molar refractivity (Wildman–Crippen MR) is 104 cm³/mol. The van der Waals surface area contributed by atoms with Crippen LogP contribution >= 0.6 is 22.6 Å². The van der Waals surface area contributed by atoms with Gasteiger partial charge in [0, 0.05) is 23.2 Å². The van der Waals surface area contributed by atoms with Crippen LogP contribution in [0.5, 0.6) is 0 Å². The fourth-order valence-corrected chi connectivity index (χ4v) is 3.24. The second kappa shape index (κ2) is 8.44. The molecule has 1 saturated heterocycles. The van der Waals surface area contributed by atoms with E-state index in [0.29, 0.717) is 16.7 Å². The highest BCUT2D eigenvalue weighted by atomic mass is 127. The van der Waals surface area contributed by atoms with Crippen LogP contribution in [0.25, 0.3) is 0 Å². The average Bonchev–Trinajstić information content (AvgIpc) is 2.58.